The van der Waals surface area contributed by atoms with Crippen LogP contribution in [-0.2, 0) is 19.6 Å². The second-order valence-electron chi connectivity index (χ2n) is 6.06. The molecular formula is C15H21N3O5S2. The Morgan fingerprint density at radius 2 is 2.20 bits per heavy atom. The largest absolute Gasteiger partial charge is 0.465 e. The summed E-state index contributed by atoms with van der Waals surface area (Å²) in [4.78, 5) is 25.8. The minimum absolute atomic E-state index is 0.0130. The Hall–Kier alpha value is -1.49. The molecule has 0 bridgehead atoms. The first-order valence-electron chi connectivity index (χ1n) is 8.10. The predicted molar refractivity (Wildman–Crippen MR) is 92.0 cm³/mol. The van der Waals surface area contributed by atoms with E-state index in [-0.39, 0.29) is 28.3 Å². The number of hydrogen-bond donors (Lipinski definition) is 1. The molecule has 0 saturated carbocycles. The van der Waals surface area contributed by atoms with Crippen molar-refractivity contribution >= 4 is 33.2 Å². The van der Waals surface area contributed by atoms with E-state index < -0.39 is 16.0 Å². The molecule has 1 atom stereocenters. The summed E-state index contributed by atoms with van der Waals surface area (Å²) in [5, 5.41) is 4.48. The van der Waals surface area contributed by atoms with Gasteiger partial charge in [-0.2, -0.15) is 4.31 Å². The number of piperidine rings is 1. The molecule has 2 fully saturated rings. The first-order valence-corrected chi connectivity index (χ1v) is 10.4. The molecule has 0 spiro atoms. The average molecular weight is 387 g/mol. The summed E-state index contributed by atoms with van der Waals surface area (Å²) >= 11 is 1.05. The second kappa shape index (κ2) is 7.40. The zero-order valence-electron chi connectivity index (χ0n) is 13.9. The van der Waals surface area contributed by atoms with E-state index in [2.05, 4.69) is 10.1 Å². The third-order valence-electron chi connectivity index (χ3n) is 4.53. The number of carbonyl (C=O) groups excluding carboxylic acids is 2. The van der Waals surface area contributed by atoms with Gasteiger partial charge in [0.15, 0.2) is 0 Å². The van der Waals surface area contributed by atoms with Gasteiger partial charge >= 0.3 is 5.97 Å². The summed E-state index contributed by atoms with van der Waals surface area (Å²) in [6.45, 7) is 2.33. The van der Waals surface area contributed by atoms with Gasteiger partial charge in [0.1, 0.15) is 4.88 Å². The Morgan fingerprint density at radius 1 is 1.40 bits per heavy atom. The molecule has 0 aromatic carbocycles. The van der Waals surface area contributed by atoms with Gasteiger partial charge in [-0.05, 0) is 18.9 Å². The Morgan fingerprint density at radius 3 is 2.92 bits per heavy atom. The van der Waals surface area contributed by atoms with Gasteiger partial charge in [-0.25, -0.2) is 13.2 Å². The van der Waals surface area contributed by atoms with Gasteiger partial charge in [0.05, 0.1) is 18.6 Å². The van der Waals surface area contributed by atoms with Crippen molar-refractivity contribution in [2.45, 2.75) is 23.8 Å². The van der Waals surface area contributed by atoms with Gasteiger partial charge < -0.3 is 15.0 Å². The summed E-state index contributed by atoms with van der Waals surface area (Å²) in [5.74, 6) is -0.534. The fourth-order valence-electron chi connectivity index (χ4n) is 3.21. The van der Waals surface area contributed by atoms with Crippen molar-refractivity contribution < 1.29 is 22.7 Å². The van der Waals surface area contributed by atoms with Crippen LogP contribution in [0, 0.1) is 0 Å². The zero-order chi connectivity index (χ0) is 18.0. The number of rotatable bonds is 4. The normalized spacial score (nSPS) is 22.8. The molecular weight excluding hydrogens is 366 g/mol. The fourth-order valence-corrected chi connectivity index (χ4v) is 5.91. The molecule has 3 heterocycles. The van der Waals surface area contributed by atoms with Crippen molar-refractivity contribution in [3.63, 3.8) is 0 Å². The molecule has 0 aliphatic carbocycles. The molecule has 2 aliphatic rings. The van der Waals surface area contributed by atoms with E-state index in [1.807, 2.05) is 0 Å². The zero-order valence-corrected chi connectivity index (χ0v) is 15.6. The van der Waals surface area contributed by atoms with Crippen molar-refractivity contribution in [2.75, 3.05) is 39.8 Å². The Labute approximate surface area is 150 Å². The molecule has 1 aromatic heterocycles. The third kappa shape index (κ3) is 3.71. The maximum atomic E-state index is 12.9. The van der Waals surface area contributed by atoms with Gasteiger partial charge in [-0.15, -0.1) is 11.3 Å². The number of piperazine rings is 1. The Bertz CT molecular complexity index is 761. The minimum Gasteiger partial charge on any atom is -0.465 e. The van der Waals surface area contributed by atoms with Crippen LogP contribution in [0.1, 0.15) is 22.5 Å². The van der Waals surface area contributed by atoms with Gasteiger partial charge in [0.25, 0.3) is 0 Å². The van der Waals surface area contributed by atoms with Crippen molar-refractivity contribution in [3.05, 3.63) is 16.3 Å². The molecule has 25 heavy (non-hydrogen) atoms. The number of carbonyl (C=O) groups is 2. The lowest BCUT2D eigenvalue weighted by Gasteiger charge is -2.40. The molecule has 2 aliphatic heterocycles. The van der Waals surface area contributed by atoms with E-state index in [1.54, 1.807) is 4.90 Å². The van der Waals surface area contributed by atoms with Crippen LogP contribution in [0.5, 0.6) is 0 Å². The molecule has 1 N–H and O–H groups in total. The fraction of sp³-hybridized carbons (Fsp3) is 0.600. The van der Waals surface area contributed by atoms with Gasteiger partial charge in [-0.3, -0.25) is 4.79 Å². The highest BCUT2D eigenvalue weighted by atomic mass is 32.2. The predicted octanol–water partition coefficient (Wildman–Crippen LogP) is 0.120. The molecule has 138 valence electrons. The van der Waals surface area contributed by atoms with Crippen molar-refractivity contribution in [2.24, 2.45) is 0 Å². The van der Waals surface area contributed by atoms with Crippen LogP contribution in [0.25, 0.3) is 0 Å². The molecule has 3 rings (SSSR count). The highest BCUT2D eigenvalue weighted by Gasteiger charge is 2.35. The Kier molecular flexibility index (Phi) is 5.42. The average Bonchev–Trinajstić information content (AvgIpc) is 3.12. The van der Waals surface area contributed by atoms with Crippen LogP contribution in [0.2, 0.25) is 0 Å². The number of nitrogens with zero attached hydrogens (tertiary/aromatic N) is 2. The number of ether oxygens (including phenoxy) is 1. The number of hydrogen-bond acceptors (Lipinski definition) is 7. The topological polar surface area (TPSA) is 96.0 Å². The maximum absolute atomic E-state index is 12.9. The molecule has 0 radical (unpaired) electrons. The summed E-state index contributed by atoms with van der Waals surface area (Å²) in [6, 6.07) is 1.25. The number of esters is 1. The molecule has 8 nitrogen and oxygen atoms in total. The third-order valence-corrected chi connectivity index (χ3v) is 7.43. The summed E-state index contributed by atoms with van der Waals surface area (Å²) < 4.78 is 31.8. The van der Waals surface area contributed by atoms with E-state index in [0.29, 0.717) is 26.1 Å². The number of nitrogens with one attached hydrogen (secondary N) is 1. The van der Waals surface area contributed by atoms with Crippen molar-refractivity contribution in [1.29, 1.82) is 0 Å². The summed E-state index contributed by atoms with van der Waals surface area (Å²) in [5.41, 5.74) is 0. The lowest BCUT2D eigenvalue weighted by molar-refractivity contribution is -0.135. The smallest absolute Gasteiger partial charge is 0.348 e. The van der Waals surface area contributed by atoms with Gasteiger partial charge in [0.2, 0.25) is 15.9 Å². The van der Waals surface area contributed by atoms with Gasteiger partial charge in [-0.1, -0.05) is 0 Å². The van der Waals surface area contributed by atoms with E-state index >= 15 is 0 Å². The first-order chi connectivity index (χ1) is 11.9. The molecule has 1 aromatic rings. The van der Waals surface area contributed by atoms with E-state index in [4.69, 9.17) is 0 Å². The van der Waals surface area contributed by atoms with Crippen LogP contribution < -0.4 is 5.32 Å². The molecule has 10 heteroatoms. The standard InChI is InChI=1S/C15H21N3O5S2/c1-23-15(20)13-7-12(10-24-13)25(21,22)17-5-2-3-11(9-17)18-6-4-16-8-14(18)19/h7,10-11,16H,2-6,8-9H2,1H3. The van der Waals surface area contributed by atoms with Gasteiger partial charge in [0, 0.05) is 37.6 Å². The SMILES string of the molecule is COC(=O)c1cc(S(=O)(=O)N2CCCC(N3CCNCC3=O)C2)cs1. The molecule has 1 amide bonds. The van der Waals surface area contributed by atoms with Crippen LogP contribution in [0.15, 0.2) is 16.3 Å². The van der Waals surface area contributed by atoms with Crippen LogP contribution in [0.3, 0.4) is 0 Å². The summed E-state index contributed by atoms with van der Waals surface area (Å²) in [7, 11) is -2.43. The highest BCUT2D eigenvalue weighted by Crippen LogP contribution is 2.27. The monoisotopic (exact) mass is 387 g/mol. The number of amides is 1. The molecule has 1 unspecified atom stereocenters. The summed E-state index contributed by atoms with van der Waals surface area (Å²) in [6.07, 6.45) is 1.50. The van der Waals surface area contributed by atoms with Crippen LogP contribution >= 0.6 is 11.3 Å². The number of thiophene rings is 1. The van der Waals surface area contributed by atoms with E-state index in [9.17, 15) is 18.0 Å². The minimum atomic E-state index is -3.69. The second-order valence-corrected chi connectivity index (χ2v) is 8.91. The Balaban J connectivity index is 1.76. The van der Waals surface area contributed by atoms with Crippen LogP contribution in [0.4, 0.5) is 0 Å². The lowest BCUT2D eigenvalue weighted by atomic mass is 10.1. The van der Waals surface area contributed by atoms with Crippen LogP contribution in [-0.4, -0.2) is 75.4 Å². The number of methoxy groups -OCH3 is 1. The number of sulfonamides is 1. The van der Waals surface area contributed by atoms with Crippen molar-refractivity contribution in [1.82, 2.24) is 14.5 Å². The van der Waals surface area contributed by atoms with Crippen molar-refractivity contribution in [3.8, 4) is 0 Å². The molecule has 2 saturated heterocycles. The first kappa shape index (κ1) is 18.3. The quantitative estimate of drug-likeness (QED) is 0.738. The highest BCUT2D eigenvalue weighted by molar-refractivity contribution is 7.89. The van der Waals surface area contributed by atoms with E-state index in [1.165, 1.54) is 22.9 Å². The lowest BCUT2D eigenvalue weighted by Crippen LogP contribution is -2.57. The van der Waals surface area contributed by atoms with E-state index in [0.717, 1.165) is 24.3 Å². The maximum Gasteiger partial charge on any atom is 0.348 e.